The molecule has 0 heterocycles. The quantitative estimate of drug-likeness (QED) is 0.644. The maximum absolute atomic E-state index is 11.6. The van der Waals surface area contributed by atoms with Crippen LogP contribution in [-0.2, 0) is 9.59 Å². The summed E-state index contributed by atoms with van der Waals surface area (Å²) in [5.74, 6) is -1.08. The number of carbonyl (C=O) groups is 2. The molecule has 0 bridgehead atoms. The normalized spacial score (nSPS) is 10.3. The van der Waals surface area contributed by atoms with Crippen LogP contribution in [0.5, 0.6) is 0 Å². The average Bonchev–Trinajstić information content (AvgIpc) is 2.26. The van der Waals surface area contributed by atoms with Crippen molar-refractivity contribution in [1.29, 1.82) is 0 Å². The Morgan fingerprint density at radius 1 is 1.44 bits per heavy atom. The molecule has 0 unspecified atom stereocenters. The van der Waals surface area contributed by atoms with Gasteiger partial charge in [-0.15, -0.1) is 0 Å². The molecular weight excluding hydrogens is 234 g/mol. The number of benzene rings is 1. The first-order valence-corrected chi connectivity index (χ1v) is 5.53. The summed E-state index contributed by atoms with van der Waals surface area (Å²) in [6.45, 7) is 0.474. The van der Waals surface area contributed by atoms with E-state index in [0.29, 0.717) is 17.9 Å². The molecule has 0 atom stereocenters. The summed E-state index contributed by atoms with van der Waals surface area (Å²) in [5, 5.41) is 11.2. The van der Waals surface area contributed by atoms with Crippen LogP contribution in [0.15, 0.2) is 24.3 Å². The van der Waals surface area contributed by atoms with E-state index >= 15 is 0 Å². The number of nitrogens with one attached hydrogen (secondary N) is 1. The summed E-state index contributed by atoms with van der Waals surface area (Å²) in [7, 11) is 1.70. The van der Waals surface area contributed by atoms with Crippen molar-refractivity contribution in [1.82, 2.24) is 4.90 Å². The molecule has 6 nitrogen and oxygen atoms in total. The minimum absolute atomic E-state index is 0.0159. The number of aliphatic carboxylic acids is 1. The maximum Gasteiger partial charge on any atom is 0.304 e. The van der Waals surface area contributed by atoms with Crippen LogP contribution in [-0.4, -0.2) is 42.0 Å². The lowest BCUT2D eigenvalue weighted by molar-refractivity contribution is -0.137. The van der Waals surface area contributed by atoms with Crippen LogP contribution in [0.2, 0.25) is 0 Å². The van der Waals surface area contributed by atoms with Gasteiger partial charge < -0.3 is 16.2 Å². The van der Waals surface area contributed by atoms with Gasteiger partial charge in [-0.1, -0.05) is 6.07 Å². The smallest absolute Gasteiger partial charge is 0.304 e. The van der Waals surface area contributed by atoms with Crippen molar-refractivity contribution in [2.24, 2.45) is 0 Å². The van der Waals surface area contributed by atoms with E-state index in [9.17, 15) is 9.59 Å². The third kappa shape index (κ3) is 5.31. The van der Waals surface area contributed by atoms with Gasteiger partial charge >= 0.3 is 5.97 Å². The van der Waals surface area contributed by atoms with E-state index < -0.39 is 5.97 Å². The molecule has 4 N–H and O–H groups in total. The summed E-state index contributed by atoms with van der Waals surface area (Å²) in [4.78, 5) is 23.7. The summed E-state index contributed by atoms with van der Waals surface area (Å²) < 4.78 is 0. The Morgan fingerprint density at radius 3 is 2.78 bits per heavy atom. The SMILES string of the molecule is CN(CCC(=O)O)CC(=O)Nc1cccc(N)c1. The molecule has 1 aromatic rings. The molecular formula is C12H17N3O3. The average molecular weight is 251 g/mol. The van der Waals surface area contributed by atoms with Crippen molar-refractivity contribution >= 4 is 23.3 Å². The highest BCUT2D eigenvalue weighted by molar-refractivity contribution is 5.92. The number of rotatable bonds is 6. The van der Waals surface area contributed by atoms with Gasteiger partial charge in [-0.05, 0) is 25.2 Å². The van der Waals surface area contributed by atoms with Crippen molar-refractivity contribution in [2.75, 3.05) is 31.2 Å². The molecule has 0 spiro atoms. The number of carbonyl (C=O) groups excluding carboxylic acids is 1. The number of nitrogen functional groups attached to an aromatic ring is 1. The number of likely N-dealkylation sites (N-methyl/N-ethyl adjacent to an activating group) is 1. The van der Waals surface area contributed by atoms with Crippen molar-refractivity contribution in [2.45, 2.75) is 6.42 Å². The zero-order valence-corrected chi connectivity index (χ0v) is 10.2. The molecule has 0 saturated heterocycles. The number of hydrogen-bond acceptors (Lipinski definition) is 4. The van der Waals surface area contributed by atoms with E-state index in [-0.39, 0.29) is 18.9 Å². The molecule has 0 aliphatic heterocycles. The fourth-order valence-electron chi connectivity index (χ4n) is 1.43. The van der Waals surface area contributed by atoms with Gasteiger partial charge in [-0.3, -0.25) is 14.5 Å². The minimum atomic E-state index is -0.877. The largest absolute Gasteiger partial charge is 0.481 e. The number of hydrogen-bond donors (Lipinski definition) is 3. The zero-order valence-electron chi connectivity index (χ0n) is 10.2. The van der Waals surface area contributed by atoms with E-state index in [1.807, 2.05) is 0 Å². The molecule has 18 heavy (non-hydrogen) atoms. The van der Waals surface area contributed by atoms with Gasteiger partial charge in [-0.25, -0.2) is 0 Å². The first-order chi connectivity index (χ1) is 8.47. The first-order valence-electron chi connectivity index (χ1n) is 5.53. The predicted molar refractivity (Wildman–Crippen MR) is 69.2 cm³/mol. The zero-order chi connectivity index (χ0) is 13.5. The number of carboxylic acid groups (broad SMARTS) is 1. The molecule has 0 radical (unpaired) electrons. The van der Waals surface area contributed by atoms with Gasteiger partial charge in [0.05, 0.1) is 13.0 Å². The third-order valence-corrected chi connectivity index (χ3v) is 2.29. The highest BCUT2D eigenvalue weighted by Crippen LogP contribution is 2.11. The predicted octanol–water partition coefficient (Wildman–Crippen LogP) is 0.614. The molecule has 0 aliphatic carbocycles. The monoisotopic (exact) mass is 251 g/mol. The molecule has 98 valence electrons. The van der Waals surface area contributed by atoms with Crippen molar-refractivity contribution in [3.63, 3.8) is 0 Å². The van der Waals surface area contributed by atoms with E-state index in [1.165, 1.54) is 0 Å². The van der Waals surface area contributed by atoms with Crippen LogP contribution in [0, 0.1) is 0 Å². The summed E-state index contributed by atoms with van der Waals surface area (Å²) >= 11 is 0. The second-order valence-corrected chi connectivity index (χ2v) is 4.06. The molecule has 1 aromatic carbocycles. The van der Waals surface area contributed by atoms with Crippen LogP contribution in [0.25, 0.3) is 0 Å². The fraction of sp³-hybridized carbons (Fsp3) is 0.333. The van der Waals surface area contributed by atoms with Gasteiger partial charge in [0.1, 0.15) is 0 Å². The molecule has 0 saturated carbocycles. The van der Waals surface area contributed by atoms with Gasteiger partial charge in [-0.2, -0.15) is 0 Å². The Labute approximate surface area is 105 Å². The maximum atomic E-state index is 11.6. The van der Waals surface area contributed by atoms with Crippen LogP contribution in [0.3, 0.4) is 0 Å². The highest BCUT2D eigenvalue weighted by Gasteiger charge is 2.08. The first kappa shape index (κ1) is 14.0. The second kappa shape index (κ2) is 6.61. The fourth-order valence-corrected chi connectivity index (χ4v) is 1.43. The van der Waals surface area contributed by atoms with Crippen molar-refractivity contribution < 1.29 is 14.7 Å². The molecule has 0 aliphatic rings. The number of carboxylic acids is 1. The van der Waals surface area contributed by atoms with E-state index in [2.05, 4.69) is 5.32 Å². The number of nitrogens with two attached hydrogens (primary N) is 1. The summed E-state index contributed by atoms with van der Waals surface area (Å²) in [5.41, 5.74) is 6.80. The molecule has 0 aromatic heterocycles. The third-order valence-electron chi connectivity index (χ3n) is 2.29. The highest BCUT2D eigenvalue weighted by atomic mass is 16.4. The Kier molecular flexibility index (Phi) is 5.13. The molecule has 0 fully saturated rings. The molecule has 1 rings (SSSR count). The summed E-state index contributed by atoms with van der Waals surface area (Å²) in [6.07, 6.45) is 0.0159. The molecule has 1 amide bonds. The van der Waals surface area contributed by atoms with Crippen LogP contribution in [0.1, 0.15) is 6.42 Å². The van der Waals surface area contributed by atoms with Gasteiger partial charge in [0, 0.05) is 17.9 Å². The van der Waals surface area contributed by atoms with Crippen LogP contribution in [0.4, 0.5) is 11.4 Å². The standard InChI is InChI=1S/C12H17N3O3/c1-15(6-5-12(17)18)8-11(16)14-10-4-2-3-9(13)7-10/h2-4,7H,5-6,8,13H2,1H3,(H,14,16)(H,17,18). The Hall–Kier alpha value is -2.08. The Morgan fingerprint density at radius 2 is 2.17 bits per heavy atom. The topological polar surface area (TPSA) is 95.7 Å². The van der Waals surface area contributed by atoms with Gasteiger partial charge in [0.25, 0.3) is 0 Å². The van der Waals surface area contributed by atoms with Crippen molar-refractivity contribution in [3.8, 4) is 0 Å². The Bertz CT molecular complexity index is 434. The van der Waals surface area contributed by atoms with Gasteiger partial charge in [0.15, 0.2) is 0 Å². The number of nitrogens with zero attached hydrogens (tertiary/aromatic N) is 1. The number of amides is 1. The molecule has 6 heteroatoms. The number of anilines is 2. The van der Waals surface area contributed by atoms with E-state index in [1.54, 1.807) is 36.2 Å². The lowest BCUT2D eigenvalue weighted by Crippen LogP contribution is -2.31. The Balaban J connectivity index is 2.39. The van der Waals surface area contributed by atoms with Crippen LogP contribution < -0.4 is 11.1 Å². The lowest BCUT2D eigenvalue weighted by atomic mass is 10.3. The second-order valence-electron chi connectivity index (χ2n) is 4.06. The van der Waals surface area contributed by atoms with Gasteiger partial charge in [0.2, 0.25) is 5.91 Å². The minimum Gasteiger partial charge on any atom is -0.481 e. The van der Waals surface area contributed by atoms with E-state index in [4.69, 9.17) is 10.8 Å². The van der Waals surface area contributed by atoms with Crippen molar-refractivity contribution in [3.05, 3.63) is 24.3 Å². The van der Waals surface area contributed by atoms with E-state index in [0.717, 1.165) is 0 Å². The van der Waals surface area contributed by atoms with Crippen LogP contribution >= 0.6 is 0 Å². The lowest BCUT2D eigenvalue weighted by Gasteiger charge is -2.15. The summed E-state index contributed by atoms with van der Waals surface area (Å²) in [6, 6.07) is 6.88.